The Morgan fingerprint density at radius 1 is 1.17 bits per heavy atom. The quantitative estimate of drug-likeness (QED) is 0.623. The summed E-state index contributed by atoms with van der Waals surface area (Å²) in [5, 5.41) is 10.4. The van der Waals surface area contributed by atoms with Gasteiger partial charge in [-0.15, -0.1) is 0 Å². The number of H-pyrrole nitrogens is 1. The van der Waals surface area contributed by atoms with E-state index in [1.54, 1.807) is 0 Å². The zero-order valence-corrected chi connectivity index (χ0v) is 15.6. The van der Waals surface area contributed by atoms with Gasteiger partial charge in [-0.05, 0) is 34.7 Å². The highest BCUT2D eigenvalue weighted by molar-refractivity contribution is 9.10. The summed E-state index contributed by atoms with van der Waals surface area (Å²) in [4.78, 5) is 14.8. The summed E-state index contributed by atoms with van der Waals surface area (Å²) in [6.45, 7) is 6.48. The van der Waals surface area contributed by atoms with Crippen LogP contribution < -0.4 is 0 Å². The molecular weight excluding hydrogens is 366 g/mol. The molecule has 2 N–H and O–H groups in total. The second-order valence-corrected chi connectivity index (χ2v) is 7.89. The number of carbonyl (C=O) groups is 1. The number of halogens is 1. The molecule has 0 aliphatic heterocycles. The van der Waals surface area contributed by atoms with Crippen molar-refractivity contribution in [2.45, 2.75) is 32.6 Å². The molecule has 1 heterocycles. The van der Waals surface area contributed by atoms with E-state index >= 15 is 0 Å². The molecule has 0 fully saturated rings. The van der Waals surface area contributed by atoms with E-state index in [0.717, 1.165) is 32.2 Å². The normalized spacial score (nSPS) is 11.8. The Morgan fingerprint density at radius 3 is 2.50 bits per heavy atom. The van der Waals surface area contributed by atoms with Crippen molar-refractivity contribution in [3.8, 4) is 11.3 Å². The SMILES string of the molecule is CC(C)(C)c1ccc2[nH]c(-c3ccccc3Br)c(CC(=O)O)c2c1. The van der Waals surface area contributed by atoms with Gasteiger partial charge in [0.1, 0.15) is 0 Å². The summed E-state index contributed by atoms with van der Waals surface area (Å²) in [5.41, 5.74) is 4.84. The third-order valence-corrected chi connectivity index (χ3v) is 4.93. The molecule has 124 valence electrons. The van der Waals surface area contributed by atoms with E-state index in [1.807, 2.05) is 30.3 Å². The van der Waals surface area contributed by atoms with Gasteiger partial charge in [0, 0.05) is 20.9 Å². The highest BCUT2D eigenvalue weighted by atomic mass is 79.9. The topological polar surface area (TPSA) is 53.1 Å². The van der Waals surface area contributed by atoms with E-state index in [1.165, 1.54) is 5.56 Å². The predicted molar refractivity (Wildman–Crippen MR) is 101 cm³/mol. The van der Waals surface area contributed by atoms with Crippen LogP contribution in [0.3, 0.4) is 0 Å². The van der Waals surface area contributed by atoms with Crippen molar-refractivity contribution in [1.29, 1.82) is 0 Å². The Bertz CT molecular complexity index is 919. The van der Waals surface area contributed by atoms with Crippen molar-refractivity contribution in [3.63, 3.8) is 0 Å². The molecule has 0 bridgehead atoms. The molecule has 0 saturated carbocycles. The van der Waals surface area contributed by atoms with Crippen molar-refractivity contribution in [3.05, 3.63) is 58.1 Å². The lowest BCUT2D eigenvalue weighted by atomic mass is 9.86. The largest absolute Gasteiger partial charge is 0.481 e. The smallest absolute Gasteiger partial charge is 0.307 e. The third kappa shape index (κ3) is 3.11. The van der Waals surface area contributed by atoms with Gasteiger partial charge in [-0.3, -0.25) is 4.79 Å². The Balaban J connectivity index is 2.30. The summed E-state index contributed by atoms with van der Waals surface area (Å²) in [6, 6.07) is 14.1. The number of rotatable bonds is 3. The monoisotopic (exact) mass is 385 g/mol. The molecule has 0 saturated heterocycles. The molecule has 0 aliphatic rings. The molecule has 3 aromatic rings. The first-order valence-electron chi connectivity index (χ1n) is 7.89. The van der Waals surface area contributed by atoms with Crippen LogP contribution in [0.1, 0.15) is 31.9 Å². The highest BCUT2D eigenvalue weighted by Crippen LogP contribution is 2.36. The minimum absolute atomic E-state index is 0.00966. The van der Waals surface area contributed by atoms with Crippen LogP contribution in [-0.2, 0) is 16.6 Å². The minimum Gasteiger partial charge on any atom is -0.481 e. The van der Waals surface area contributed by atoms with Crippen LogP contribution in [0, 0.1) is 0 Å². The van der Waals surface area contributed by atoms with Crippen molar-refractivity contribution < 1.29 is 9.90 Å². The summed E-state index contributed by atoms with van der Waals surface area (Å²) in [7, 11) is 0. The lowest BCUT2D eigenvalue weighted by molar-refractivity contribution is -0.136. The van der Waals surface area contributed by atoms with E-state index in [2.05, 4.69) is 53.8 Å². The van der Waals surface area contributed by atoms with E-state index < -0.39 is 5.97 Å². The average Bonchev–Trinajstić information content (AvgIpc) is 2.84. The van der Waals surface area contributed by atoms with E-state index in [4.69, 9.17) is 0 Å². The molecule has 24 heavy (non-hydrogen) atoms. The third-order valence-electron chi connectivity index (χ3n) is 4.24. The van der Waals surface area contributed by atoms with Crippen molar-refractivity contribution in [2.75, 3.05) is 0 Å². The predicted octanol–water partition coefficient (Wildman–Crippen LogP) is 5.52. The second-order valence-electron chi connectivity index (χ2n) is 7.04. The average molecular weight is 386 g/mol. The van der Waals surface area contributed by atoms with Gasteiger partial charge in [-0.2, -0.15) is 0 Å². The first kappa shape index (κ1) is 16.8. The van der Waals surface area contributed by atoms with Gasteiger partial charge in [0.15, 0.2) is 0 Å². The van der Waals surface area contributed by atoms with E-state index in [-0.39, 0.29) is 11.8 Å². The van der Waals surface area contributed by atoms with Gasteiger partial charge in [0.25, 0.3) is 0 Å². The second kappa shape index (κ2) is 6.10. The first-order valence-corrected chi connectivity index (χ1v) is 8.68. The van der Waals surface area contributed by atoms with Crippen LogP contribution in [0.15, 0.2) is 46.9 Å². The number of carboxylic acids is 1. The number of fused-ring (bicyclic) bond motifs is 1. The van der Waals surface area contributed by atoms with E-state index in [9.17, 15) is 9.90 Å². The Kier molecular flexibility index (Phi) is 4.26. The molecule has 0 spiro atoms. The maximum Gasteiger partial charge on any atom is 0.307 e. The summed E-state index contributed by atoms with van der Waals surface area (Å²) < 4.78 is 0.944. The Morgan fingerprint density at radius 2 is 1.88 bits per heavy atom. The van der Waals surface area contributed by atoms with Gasteiger partial charge in [-0.1, -0.05) is 61.0 Å². The maximum absolute atomic E-state index is 11.4. The Hall–Kier alpha value is -2.07. The molecule has 0 radical (unpaired) electrons. The van der Waals surface area contributed by atoms with Gasteiger partial charge in [0.2, 0.25) is 0 Å². The highest BCUT2D eigenvalue weighted by Gasteiger charge is 2.20. The van der Waals surface area contributed by atoms with Crippen LogP contribution in [0.4, 0.5) is 0 Å². The van der Waals surface area contributed by atoms with Gasteiger partial charge in [-0.25, -0.2) is 0 Å². The van der Waals surface area contributed by atoms with Gasteiger partial charge in [0.05, 0.1) is 12.1 Å². The summed E-state index contributed by atoms with van der Waals surface area (Å²) in [6.07, 6.45) is -0.00966. The molecule has 0 aliphatic carbocycles. The number of benzene rings is 2. The van der Waals surface area contributed by atoms with Gasteiger partial charge >= 0.3 is 5.97 Å². The first-order chi connectivity index (χ1) is 11.3. The molecule has 1 aromatic heterocycles. The molecule has 3 rings (SSSR count). The molecular formula is C20H20BrNO2. The van der Waals surface area contributed by atoms with Crippen LogP contribution in [0.5, 0.6) is 0 Å². The zero-order chi connectivity index (χ0) is 17.5. The number of aliphatic carboxylic acids is 1. The molecule has 3 nitrogen and oxygen atoms in total. The zero-order valence-electron chi connectivity index (χ0n) is 14.0. The number of hydrogen-bond donors (Lipinski definition) is 2. The van der Waals surface area contributed by atoms with Crippen molar-refractivity contribution in [2.24, 2.45) is 0 Å². The molecule has 0 amide bonds. The number of carboxylic acid groups (broad SMARTS) is 1. The summed E-state index contributed by atoms with van der Waals surface area (Å²) >= 11 is 3.57. The fourth-order valence-electron chi connectivity index (χ4n) is 2.94. The molecule has 0 atom stereocenters. The molecule has 0 unspecified atom stereocenters. The Labute approximate surface area is 149 Å². The van der Waals surface area contributed by atoms with Gasteiger partial charge < -0.3 is 10.1 Å². The fourth-order valence-corrected chi connectivity index (χ4v) is 3.43. The van der Waals surface area contributed by atoms with Crippen LogP contribution in [0.2, 0.25) is 0 Å². The number of nitrogens with one attached hydrogen (secondary N) is 1. The molecule has 2 aromatic carbocycles. The van der Waals surface area contributed by atoms with Crippen molar-refractivity contribution in [1.82, 2.24) is 4.98 Å². The van der Waals surface area contributed by atoms with Crippen LogP contribution in [-0.4, -0.2) is 16.1 Å². The lowest BCUT2D eigenvalue weighted by Gasteiger charge is -2.19. The fraction of sp³-hybridized carbons (Fsp3) is 0.250. The number of aromatic nitrogens is 1. The summed E-state index contributed by atoms with van der Waals surface area (Å²) in [5.74, 6) is -0.828. The molecule has 4 heteroatoms. The lowest BCUT2D eigenvalue weighted by Crippen LogP contribution is -2.10. The minimum atomic E-state index is -0.828. The van der Waals surface area contributed by atoms with E-state index in [0.29, 0.717) is 0 Å². The van der Waals surface area contributed by atoms with Crippen LogP contribution >= 0.6 is 15.9 Å². The maximum atomic E-state index is 11.4. The number of hydrogen-bond acceptors (Lipinski definition) is 1. The van der Waals surface area contributed by atoms with Crippen molar-refractivity contribution >= 4 is 32.8 Å². The number of aromatic amines is 1. The van der Waals surface area contributed by atoms with Crippen LogP contribution in [0.25, 0.3) is 22.2 Å². The standard InChI is InChI=1S/C20H20BrNO2/c1-20(2,3)12-8-9-17-14(10-12)15(11-18(23)24)19(22-17)13-6-4-5-7-16(13)21/h4-10,22H,11H2,1-3H3,(H,23,24).